The number of fused-ring (bicyclic) bond motifs is 14. The molecule has 0 saturated carbocycles. The third-order valence-corrected chi connectivity index (χ3v) is 13.4. The van der Waals surface area contributed by atoms with Crippen LogP contribution in [0.4, 0.5) is 34.1 Å². The van der Waals surface area contributed by atoms with Gasteiger partial charge in [0.05, 0.1) is 22.7 Å². The Balaban J connectivity index is 1.18. The fourth-order valence-corrected chi connectivity index (χ4v) is 11.0. The molecule has 4 nitrogen and oxygen atoms in total. The molecule has 7 aromatic carbocycles. The second-order valence-corrected chi connectivity index (χ2v) is 16.2. The van der Waals surface area contributed by atoms with Crippen LogP contribution in [0, 0.1) is 13.8 Å². The van der Waals surface area contributed by atoms with Gasteiger partial charge in [-0.2, -0.15) is 0 Å². The number of rotatable bonds is 0. The molecule has 0 bridgehead atoms. The molecule has 6 aliphatic heterocycles. The molecule has 8 heteroatoms. The first kappa shape index (κ1) is 29.5. The van der Waals surface area contributed by atoms with Gasteiger partial charge in [-0.3, -0.25) is 0 Å². The van der Waals surface area contributed by atoms with E-state index in [9.17, 15) is 0 Å². The average molecular weight is 688 g/mol. The number of ether oxygens (including phenoxy) is 2. The molecule has 6 aliphatic rings. The zero-order chi connectivity index (χ0) is 35.7. The molecule has 0 spiro atoms. The van der Waals surface area contributed by atoms with Crippen LogP contribution in [0.3, 0.4) is 0 Å². The highest BCUT2D eigenvalue weighted by atomic mass is 16.5. The van der Waals surface area contributed by atoms with Gasteiger partial charge in [0.2, 0.25) is 26.9 Å². The van der Waals surface area contributed by atoms with Crippen molar-refractivity contribution < 1.29 is 9.47 Å². The average Bonchev–Trinajstić information content (AvgIpc) is 3.19. The molecule has 7 aromatic rings. The van der Waals surface area contributed by atoms with Gasteiger partial charge in [0, 0.05) is 11.4 Å². The molecule has 0 atom stereocenters. The third kappa shape index (κ3) is 3.46. The van der Waals surface area contributed by atoms with Crippen LogP contribution in [0.2, 0.25) is 13.6 Å². The highest BCUT2D eigenvalue weighted by molar-refractivity contribution is 7.11. The number of benzene rings is 7. The summed E-state index contributed by atoms with van der Waals surface area (Å²) >= 11 is 0. The Morgan fingerprint density at radius 1 is 0.389 bits per heavy atom. The summed E-state index contributed by atoms with van der Waals surface area (Å²) < 4.78 is 13.7. The van der Waals surface area contributed by atoms with Crippen molar-refractivity contribution in [1.29, 1.82) is 0 Å². The van der Waals surface area contributed by atoms with Crippen molar-refractivity contribution in [3.8, 4) is 23.0 Å². The van der Waals surface area contributed by atoms with E-state index in [-0.39, 0.29) is 26.9 Å². The summed E-state index contributed by atoms with van der Waals surface area (Å²) in [7, 11) is 0. The van der Waals surface area contributed by atoms with Gasteiger partial charge in [0.25, 0.3) is 0 Å². The molecular formula is C46H32B4N2O2. The Morgan fingerprint density at radius 2 is 0.833 bits per heavy atom. The van der Waals surface area contributed by atoms with E-state index in [0.29, 0.717) is 0 Å². The van der Waals surface area contributed by atoms with Crippen LogP contribution in [0.25, 0.3) is 0 Å². The summed E-state index contributed by atoms with van der Waals surface area (Å²) in [6.45, 7) is 9.70. The Kier molecular flexibility index (Phi) is 5.42. The lowest BCUT2D eigenvalue weighted by atomic mass is 9.20. The van der Waals surface area contributed by atoms with E-state index in [1.54, 1.807) is 0 Å². The van der Waals surface area contributed by atoms with Gasteiger partial charge < -0.3 is 19.3 Å². The lowest BCUT2D eigenvalue weighted by Gasteiger charge is -2.48. The van der Waals surface area contributed by atoms with E-state index in [0.717, 1.165) is 34.4 Å². The summed E-state index contributed by atoms with van der Waals surface area (Å²) in [5.41, 5.74) is 23.1. The van der Waals surface area contributed by atoms with Crippen LogP contribution in [0.15, 0.2) is 121 Å². The van der Waals surface area contributed by atoms with Crippen molar-refractivity contribution in [3.63, 3.8) is 0 Å². The molecule has 0 N–H and O–H groups in total. The number of nitrogens with zero attached hydrogens (tertiary/aromatic N) is 2. The molecular weight excluding hydrogens is 656 g/mol. The predicted octanol–water partition coefficient (Wildman–Crippen LogP) is 4.22. The van der Waals surface area contributed by atoms with Gasteiger partial charge in [-0.05, 0) is 89.3 Å². The molecule has 13 rings (SSSR count). The molecule has 0 aromatic heterocycles. The monoisotopic (exact) mass is 688 g/mol. The molecule has 0 fully saturated rings. The Labute approximate surface area is 316 Å². The highest BCUT2D eigenvalue weighted by Crippen LogP contribution is 2.54. The topological polar surface area (TPSA) is 24.9 Å². The van der Waals surface area contributed by atoms with Crippen LogP contribution in [0.1, 0.15) is 11.1 Å². The fourth-order valence-electron chi connectivity index (χ4n) is 11.0. The van der Waals surface area contributed by atoms with Gasteiger partial charge in [-0.15, -0.1) is 0 Å². The Bertz CT molecular complexity index is 2720. The maximum absolute atomic E-state index is 6.83. The fraction of sp³-hybridized carbons (Fsp3) is 0.0870. The predicted molar refractivity (Wildman–Crippen MR) is 229 cm³/mol. The zero-order valence-corrected chi connectivity index (χ0v) is 30.6. The molecule has 0 aliphatic carbocycles. The molecule has 0 amide bonds. The van der Waals surface area contributed by atoms with Crippen molar-refractivity contribution >= 4 is 116 Å². The first-order valence-electron chi connectivity index (χ1n) is 19.3. The van der Waals surface area contributed by atoms with E-state index in [2.05, 4.69) is 159 Å². The Morgan fingerprint density at radius 3 is 1.30 bits per heavy atom. The summed E-state index contributed by atoms with van der Waals surface area (Å²) in [5, 5.41) is 0. The summed E-state index contributed by atoms with van der Waals surface area (Å²) in [6, 6.07) is 45.8. The number of aryl methyl sites for hydroxylation is 2. The number of hydrogen-bond donors (Lipinski definition) is 0. The number of hydrogen-bond acceptors (Lipinski definition) is 4. The Hall–Kier alpha value is -6.00. The van der Waals surface area contributed by atoms with Crippen LogP contribution in [-0.4, -0.2) is 26.9 Å². The third-order valence-electron chi connectivity index (χ3n) is 13.4. The summed E-state index contributed by atoms with van der Waals surface area (Å²) in [6.07, 6.45) is 0. The minimum absolute atomic E-state index is 0.0686. The summed E-state index contributed by atoms with van der Waals surface area (Å²) in [5.74, 6) is 3.64. The molecule has 6 heterocycles. The smallest absolute Gasteiger partial charge is 0.245 e. The van der Waals surface area contributed by atoms with E-state index in [1.165, 1.54) is 88.5 Å². The van der Waals surface area contributed by atoms with Crippen molar-refractivity contribution in [2.75, 3.05) is 9.80 Å². The van der Waals surface area contributed by atoms with Crippen LogP contribution in [-0.2, 0) is 0 Å². The van der Waals surface area contributed by atoms with Gasteiger partial charge >= 0.3 is 0 Å². The van der Waals surface area contributed by atoms with Gasteiger partial charge in [-0.25, -0.2) is 0 Å². The number of anilines is 6. The van der Waals surface area contributed by atoms with Crippen molar-refractivity contribution in [3.05, 3.63) is 132 Å². The SMILES string of the molecule is CB1c2ccccc2B2c3cc4c(cc3N3c5ccc(C)cc5Oc5ccc1c2c53)N1c2ccc(C)cc2Oc2ccc3c(c21)B4c1ccccc1B3C. The molecule has 250 valence electrons. The van der Waals surface area contributed by atoms with Gasteiger partial charge in [-0.1, -0.05) is 125 Å². The largest absolute Gasteiger partial charge is 0.453 e. The molecule has 0 saturated heterocycles. The van der Waals surface area contributed by atoms with E-state index >= 15 is 0 Å². The normalized spacial score (nSPS) is 15.1. The summed E-state index contributed by atoms with van der Waals surface area (Å²) in [4.78, 5) is 5.05. The minimum Gasteiger partial charge on any atom is -0.453 e. The minimum atomic E-state index is 0.0686. The van der Waals surface area contributed by atoms with Crippen molar-refractivity contribution in [2.24, 2.45) is 0 Å². The molecule has 54 heavy (non-hydrogen) atoms. The maximum atomic E-state index is 6.83. The van der Waals surface area contributed by atoms with Crippen molar-refractivity contribution in [1.82, 2.24) is 0 Å². The van der Waals surface area contributed by atoms with Crippen molar-refractivity contribution in [2.45, 2.75) is 27.5 Å². The lowest BCUT2D eigenvalue weighted by Crippen LogP contribution is -2.75. The second-order valence-electron chi connectivity index (χ2n) is 16.2. The van der Waals surface area contributed by atoms with Crippen LogP contribution < -0.4 is 73.9 Å². The highest BCUT2D eigenvalue weighted by Gasteiger charge is 2.50. The van der Waals surface area contributed by atoms with E-state index < -0.39 is 0 Å². The standard InChI is InChI=1S/C46H32B4N2O2/c1-25-13-17-35-41(21-25)53-39-19-15-31-43-45(39)51(35)37-24-38-34(23-33(37)49(43)29-11-7-5-9-27(29)47(31)3)50-30-12-8-6-10-28(30)48(4)32-16-20-40-46(44(32)50)52(38)36-18-14-26(2)22-42(36)54-40/h5-24H,1-4H3. The molecule has 0 radical (unpaired) electrons. The first-order valence-corrected chi connectivity index (χ1v) is 19.3. The molecule has 0 unspecified atom stereocenters. The zero-order valence-electron chi connectivity index (χ0n) is 30.6. The first-order chi connectivity index (χ1) is 26.4. The van der Waals surface area contributed by atoms with Crippen LogP contribution >= 0.6 is 0 Å². The van der Waals surface area contributed by atoms with Gasteiger partial charge in [0.15, 0.2) is 23.0 Å². The van der Waals surface area contributed by atoms with E-state index in [1.807, 2.05) is 0 Å². The maximum Gasteiger partial charge on any atom is 0.245 e. The van der Waals surface area contributed by atoms with E-state index in [4.69, 9.17) is 9.47 Å². The second kappa shape index (κ2) is 9.95. The van der Waals surface area contributed by atoms with Gasteiger partial charge in [0.1, 0.15) is 0 Å². The van der Waals surface area contributed by atoms with Crippen LogP contribution in [0.5, 0.6) is 23.0 Å². The quantitative estimate of drug-likeness (QED) is 0.223. The lowest BCUT2D eigenvalue weighted by molar-refractivity contribution is 0.477.